The molecule has 0 aliphatic carbocycles. The summed E-state index contributed by atoms with van der Waals surface area (Å²) in [6.45, 7) is 4.26. The van der Waals surface area contributed by atoms with Gasteiger partial charge in [-0.05, 0) is 24.6 Å². The molecule has 1 amide bonds. The number of thioether (sulfide) groups is 1. The molecule has 2 aromatic rings. The van der Waals surface area contributed by atoms with E-state index in [1.165, 1.54) is 7.11 Å². The molecule has 1 N–H and O–H groups in total. The standard InChI is InChI=1S/C23H28F3N5O2S/c1-33-16-2-3-17-18(11-16)28-21(23(24,25)26)12-20(17)30-6-4-29(5-7-30)15-10-19(27-13-15)22(32)31-8-9-34-14-31/h2-3,11-12,15,19,27H,4-10,13-14H2,1H3/t15-,19-/m0/s1. The van der Waals surface area contributed by atoms with E-state index in [0.29, 0.717) is 29.9 Å². The summed E-state index contributed by atoms with van der Waals surface area (Å²) >= 11 is 1.78. The van der Waals surface area contributed by atoms with Gasteiger partial charge < -0.3 is 19.9 Å². The highest BCUT2D eigenvalue weighted by atomic mass is 32.2. The quantitative estimate of drug-likeness (QED) is 0.700. The number of carbonyl (C=O) groups excluding carboxylic acids is 1. The molecular weight excluding hydrogens is 467 g/mol. The highest BCUT2D eigenvalue weighted by molar-refractivity contribution is 7.99. The number of pyridine rings is 1. The molecule has 2 atom stereocenters. The Balaban J connectivity index is 1.29. The number of amides is 1. The zero-order valence-corrected chi connectivity index (χ0v) is 19.8. The van der Waals surface area contributed by atoms with Crippen molar-refractivity contribution in [3.63, 3.8) is 0 Å². The molecule has 7 nitrogen and oxygen atoms in total. The first-order chi connectivity index (χ1) is 16.3. The van der Waals surface area contributed by atoms with Gasteiger partial charge in [-0.15, -0.1) is 11.8 Å². The van der Waals surface area contributed by atoms with Gasteiger partial charge in [0.05, 0.1) is 24.5 Å². The van der Waals surface area contributed by atoms with Crippen LogP contribution in [0.1, 0.15) is 12.1 Å². The smallest absolute Gasteiger partial charge is 0.433 e. The molecule has 3 aliphatic rings. The second-order valence-corrected chi connectivity index (χ2v) is 9.99. The molecule has 11 heteroatoms. The number of alkyl halides is 3. The van der Waals surface area contributed by atoms with Crippen molar-refractivity contribution in [1.29, 1.82) is 0 Å². The summed E-state index contributed by atoms with van der Waals surface area (Å²) in [6, 6.07) is 6.34. The van der Waals surface area contributed by atoms with Gasteiger partial charge in [0.25, 0.3) is 0 Å². The molecule has 0 unspecified atom stereocenters. The van der Waals surface area contributed by atoms with Crippen LogP contribution in [0.2, 0.25) is 0 Å². The number of nitrogens with zero attached hydrogens (tertiary/aromatic N) is 4. The fourth-order valence-corrected chi connectivity index (χ4v) is 6.00. The molecule has 0 spiro atoms. The van der Waals surface area contributed by atoms with E-state index in [-0.39, 0.29) is 23.5 Å². The lowest BCUT2D eigenvalue weighted by molar-refractivity contribution is -0.141. The number of hydrogen-bond acceptors (Lipinski definition) is 7. The van der Waals surface area contributed by atoms with Gasteiger partial charge in [0.1, 0.15) is 11.4 Å². The molecule has 3 saturated heterocycles. The van der Waals surface area contributed by atoms with Crippen molar-refractivity contribution in [2.24, 2.45) is 0 Å². The van der Waals surface area contributed by atoms with Crippen molar-refractivity contribution in [3.05, 3.63) is 30.0 Å². The molecule has 34 heavy (non-hydrogen) atoms. The van der Waals surface area contributed by atoms with Crippen LogP contribution in [-0.2, 0) is 11.0 Å². The number of methoxy groups -OCH3 is 1. The summed E-state index contributed by atoms with van der Waals surface area (Å²) in [5.74, 6) is 2.42. The van der Waals surface area contributed by atoms with Crippen LogP contribution >= 0.6 is 11.8 Å². The molecular formula is C23H28F3N5O2S. The van der Waals surface area contributed by atoms with Gasteiger partial charge in [-0.1, -0.05) is 0 Å². The zero-order chi connectivity index (χ0) is 23.9. The third kappa shape index (κ3) is 4.65. The number of piperazine rings is 1. The number of nitrogens with one attached hydrogen (secondary N) is 1. The van der Waals surface area contributed by atoms with Crippen LogP contribution in [0.4, 0.5) is 18.9 Å². The molecule has 0 bridgehead atoms. The Morgan fingerprint density at radius 1 is 1.18 bits per heavy atom. The van der Waals surface area contributed by atoms with E-state index < -0.39 is 11.9 Å². The molecule has 0 radical (unpaired) electrons. The van der Waals surface area contributed by atoms with Gasteiger partial charge in [0.15, 0.2) is 0 Å². The second-order valence-electron chi connectivity index (χ2n) is 8.92. The average molecular weight is 496 g/mol. The normalized spacial score (nSPS) is 24.2. The van der Waals surface area contributed by atoms with Gasteiger partial charge in [0, 0.05) is 68.2 Å². The highest BCUT2D eigenvalue weighted by Gasteiger charge is 2.38. The van der Waals surface area contributed by atoms with Crippen LogP contribution in [0.5, 0.6) is 5.75 Å². The van der Waals surface area contributed by atoms with Gasteiger partial charge >= 0.3 is 6.18 Å². The maximum Gasteiger partial charge on any atom is 0.433 e. The summed E-state index contributed by atoms with van der Waals surface area (Å²) in [6.07, 6.45) is -3.76. The Morgan fingerprint density at radius 3 is 2.65 bits per heavy atom. The first-order valence-electron chi connectivity index (χ1n) is 11.5. The molecule has 184 valence electrons. The predicted molar refractivity (Wildman–Crippen MR) is 126 cm³/mol. The molecule has 5 rings (SSSR count). The fourth-order valence-electron chi connectivity index (χ4n) is 5.04. The summed E-state index contributed by atoms with van der Waals surface area (Å²) < 4.78 is 45.9. The molecule has 3 aliphatic heterocycles. The summed E-state index contributed by atoms with van der Waals surface area (Å²) in [5, 5.41) is 4.06. The van der Waals surface area contributed by atoms with Crippen LogP contribution in [0.15, 0.2) is 24.3 Å². The molecule has 3 fully saturated rings. The van der Waals surface area contributed by atoms with Crippen molar-refractivity contribution in [2.45, 2.75) is 24.7 Å². The Hall–Kier alpha value is -2.24. The van der Waals surface area contributed by atoms with Gasteiger partial charge in [0.2, 0.25) is 5.91 Å². The molecule has 1 aromatic heterocycles. The van der Waals surface area contributed by atoms with Crippen LogP contribution in [0, 0.1) is 0 Å². The summed E-state index contributed by atoms with van der Waals surface area (Å²) in [4.78, 5) is 22.9. The van der Waals surface area contributed by atoms with Gasteiger partial charge in [-0.3, -0.25) is 9.69 Å². The Bertz CT molecular complexity index is 1050. The molecule has 1 aromatic carbocycles. The second kappa shape index (κ2) is 9.43. The monoisotopic (exact) mass is 495 g/mol. The molecule has 4 heterocycles. The van der Waals surface area contributed by atoms with E-state index in [2.05, 4.69) is 15.2 Å². The van der Waals surface area contributed by atoms with Crippen molar-refractivity contribution >= 4 is 34.3 Å². The maximum absolute atomic E-state index is 13.6. The minimum atomic E-state index is -4.53. The van der Waals surface area contributed by atoms with Crippen molar-refractivity contribution in [2.75, 3.05) is 62.9 Å². The SMILES string of the molecule is COc1ccc2c(N3CCN([C@@H]4CN[C@H](C(=O)N5CCSC5)C4)CC3)cc(C(F)(F)F)nc2c1. The fraction of sp³-hybridized carbons (Fsp3) is 0.565. The number of ether oxygens (including phenoxy) is 1. The van der Waals surface area contributed by atoms with Crippen LogP contribution in [0.3, 0.4) is 0 Å². The van der Waals surface area contributed by atoms with E-state index in [0.717, 1.165) is 50.3 Å². The number of anilines is 1. The van der Waals surface area contributed by atoms with Gasteiger partial charge in [-0.25, -0.2) is 4.98 Å². The number of aromatic nitrogens is 1. The van der Waals surface area contributed by atoms with Crippen molar-refractivity contribution in [1.82, 2.24) is 20.1 Å². The minimum absolute atomic E-state index is 0.143. The first kappa shape index (κ1) is 23.5. The lowest BCUT2D eigenvalue weighted by Gasteiger charge is -2.39. The summed E-state index contributed by atoms with van der Waals surface area (Å²) in [5.41, 5.74) is -0.0797. The number of hydrogen-bond donors (Lipinski definition) is 1. The third-order valence-corrected chi connectivity index (χ3v) is 7.89. The van der Waals surface area contributed by atoms with Crippen LogP contribution < -0.4 is 15.0 Å². The van der Waals surface area contributed by atoms with Crippen molar-refractivity contribution < 1.29 is 22.7 Å². The maximum atomic E-state index is 13.6. The minimum Gasteiger partial charge on any atom is -0.497 e. The van der Waals surface area contributed by atoms with Crippen LogP contribution in [-0.4, -0.2) is 90.8 Å². The van der Waals surface area contributed by atoms with Crippen LogP contribution in [0.25, 0.3) is 10.9 Å². The number of fused-ring (bicyclic) bond motifs is 1. The van der Waals surface area contributed by atoms with Gasteiger partial charge in [-0.2, -0.15) is 13.2 Å². The highest BCUT2D eigenvalue weighted by Crippen LogP contribution is 2.36. The summed E-state index contributed by atoms with van der Waals surface area (Å²) in [7, 11) is 1.48. The van der Waals surface area contributed by atoms with E-state index in [9.17, 15) is 18.0 Å². The van der Waals surface area contributed by atoms with E-state index in [4.69, 9.17) is 4.74 Å². The van der Waals surface area contributed by atoms with E-state index in [1.807, 2.05) is 9.80 Å². The Morgan fingerprint density at radius 2 is 1.97 bits per heavy atom. The first-order valence-corrected chi connectivity index (χ1v) is 12.6. The molecule has 0 saturated carbocycles. The third-order valence-electron chi connectivity index (χ3n) is 6.93. The van der Waals surface area contributed by atoms with E-state index in [1.54, 1.807) is 30.0 Å². The average Bonchev–Trinajstić information content (AvgIpc) is 3.55. The lowest BCUT2D eigenvalue weighted by atomic mass is 10.1. The lowest BCUT2D eigenvalue weighted by Crippen LogP contribution is -2.51. The topological polar surface area (TPSA) is 60.9 Å². The number of rotatable bonds is 4. The Kier molecular flexibility index (Phi) is 6.51. The van der Waals surface area contributed by atoms with Crippen molar-refractivity contribution in [3.8, 4) is 5.75 Å². The number of benzene rings is 1. The number of carbonyl (C=O) groups is 1. The van der Waals surface area contributed by atoms with E-state index >= 15 is 0 Å². The number of halogens is 3. The zero-order valence-electron chi connectivity index (χ0n) is 19.0. The largest absolute Gasteiger partial charge is 0.497 e. The predicted octanol–water partition coefficient (Wildman–Crippen LogP) is 2.65. The Labute approximate surface area is 200 Å².